The van der Waals surface area contributed by atoms with E-state index in [0.29, 0.717) is 24.3 Å². The van der Waals surface area contributed by atoms with E-state index in [0.717, 1.165) is 0 Å². The first-order chi connectivity index (χ1) is 7.94. The van der Waals surface area contributed by atoms with Crippen LogP contribution in [0.25, 0.3) is 0 Å². The zero-order valence-electron chi connectivity index (χ0n) is 10.1. The smallest absolute Gasteiger partial charge is 0.248 e. The number of ether oxygens (including phenoxy) is 1. The van der Waals surface area contributed by atoms with E-state index in [-0.39, 0.29) is 5.41 Å². The van der Waals surface area contributed by atoms with Gasteiger partial charge in [-0.05, 0) is 44.5 Å². The predicted octanol–water partition coefficient (Wildman–Crippen LogP) is 2.10. The van der Waals surface area contributed by atoms with E-state index in [1.165, 1.54) is 0 Å². The SMILES string of the molecule is CC(C)(C#N)CCOc1ccc(C(N)=O)cc1. The third kappa shape index (κ3) is 4.15. The molecule has 4 nitrogen and oxygen atoms in total. The summed E-state index contributed by atoms with van der Waals surface area (Å²) in [6, 6.07) is 8.83. The van der Waals surface area contributed by atoms with Gasteiger partial charge in [-0.2, -0.15) is 5.26 Å². The minimum absolute atomic E-state index is 0.382. The molecule has 1 amide bonds. The van der Waals surface area contributed by atoms with Gasteiger partial charge in [-0.3, -0.25) is 4.79 Å². The standard InChI is InChI=1S/C13H16N2O2/c1-13(2,9-14)7-8-17-11-5-3-10(4-6-11)12(15)16/h3-6H,7-8H2,1-2H3,(H2,15,16). The number of nitrogens with zero attached hydrogens (tertiary/aromatic N) is 1. The van der Waals surface area contributed by atoms with Crippen molar-refractivity contribution in [1.29, 1.82) is 5.26 Å². The Balaban J connectivity index is 2.49. The fourth-order valence-corrected chi connectivity index (χ4v) is 1.20. The van der Waals surface area contributed by atoms with Crippen LogP contribution in [-0.2, 0) is 0 Å². The van der Waals surface area contributed by atoms with Gasteiger partial charge in [0.1, 0.15) is 5.75 Å². The monoisotopic (exact) mass is 232 g/mol. The molecule has 0 spiro atoms. The molecule has 0 aliphatic rings. The van der Waals surface area contributed by atoms with Gasteiger partial charge in [0.05, 0.1) is 18.1 Å². The van der Waals surface area contributed by atoms with Crippen molar-refractivity contribution in [2.45, 2.75) is 20.3 Å². The van der Waals surface area contributed by atoms with Crippen LogP contribution in [-0.4, -0.2) is 12.5 Å². The van der Waals surface area contributed by atoms with Gasteiger partial charge >= 0.3 is 0 Å². The number of benzene rings is 1. The number of hydrogen-bond donors (Lipinski definition) is 1. The summed E-state index contributed by atoms with van der Waals surface area (Å²) in [5.74, 6) is 0.214. The predicted molar refractivity (Wildman–Crippen MR) is 64.5 cm³/mol. The Labute approximate surface area is 101 Å². The molecule has 0 saturated heterocycles. The van der Waals surface area contributed by atoms with Crippen LogP contribution in [0.4, 0.5) is 0 Å². The molecular formula is C13H16N2O2. The Bertz CT molecular complexity index is 430. The third-order valence-corrected chi connectivity index (χ3v) is 2.44. The molecule has 4 heteroatoms. The number of nitrogens with two attached hydrogens (primary N) is 1. The molecule has 1 rings (SSSR count). The molecule has 0 radical (unpaired) electrons. The normalized spacial score (nSPS) is 10.6. The topological polar surface area (TPSA) is 76.1 Å². The van der Waals surface area contributed by atoms with Gasteiger partial charge in [0.15, 0.2) is 0 Å². The first-order valence-corrected chi connectivity index (χ1v) is 5.38. The lowest BCUT2D eigenvalue weighted by molar-refractivity contribution is 0.100. The first-order valence-electron chi connectivity index (χ1n) is 5.38. The number of hydrogen-bond acceptors (Lipinski definition) is 3. The fourth-order valence-electron chi connectivity index (χ4n) is 1.20. The molecule has 17 heavy (non-hydrogen) atoms. The average molecular weight is 232 g/mol. The van der Waals surface area contributed by atoms with Gasteiger partial charge in [0, 0.05) is 5.56 Å². The maximum Gasteiger partial charge on any atom is 0.248 e. The van der Waals surface area contributed by atoms with E-state index in [1.807, 2.05) is 13.8 Å². The Hall–Kier alpha value is -2.02. The van der Waals surface area contributed by atoms with Gasteiger partial charge in [-0.1, -0.05) is 0 Å². The number of amides is 1. The lowest BCUT2D eigenvalue weighted by Crippen LogP contribution is -2.13. The van der Waals surface area contributed by atoms with Crippen LogP contribution in [0, 0.1) is 16.7 Å². The zero-order chi connectivity index (χ0) is 12.9. The molecule has 0 aliphatic heterocycles. The third-order valence-electron chi connectivity index (χ3n) is 2.44. The van der Waals surface area contributed by atoms with Crippen LogP contribution in [0.15, 0.2) is 24.3 Å². The van der Waals surface area contributed by atoms with E-state index in [2.05, 4.69) is 6.07 Å². The van der Waals surface area contributed by atoms with Crippen LogP contribution < -0.4 is 10.5 Å². The van der Waals surface area contributed by atoms with Gasteiger partial charge in [0.2, 0.25) is 5.91 Å². The molecule has 0 saturated carbocycles. The van der Waals surface area contributed by atoms with Crippen molar-refractivity contribution in [3.63, 3.8) is 0 Å². The van der Waals surface area contributed by atoms with Crippen molar-refractivity contribution < 1.29 is 9.53 Å². The number of carbonyl (C=O) groups excluding carboxylic acids is 1. The fraction of sp³-hybridized carbons (Fsp3) is 0.385. The Morgan fingerprint density at radius 1 is 1.41 bits per heavy atom. The van der Waals surface area contributed by atoms with E-state index >= 15 is 0 Å². The molecule has 0 unspecified atom stereocenters. The summed E-state index contributed by atoms with van der Waals surface area (Å²) in [4.78, 5) is 10.8. The van der Waals surface area contributed by atoms with Gasteiger partial charge in [0.25, 0.3) is 0 Å². The molecule has 0 atom stereocenters. The van der Waals surface area contributed by atoms with Crippen molar-refractivity contribution in [3.8, 4) is 11.8 Å². The number of rotatable bonds is 5. The average Bonchev–Trinajstić information content (AvgIpc) is 2.29. The van der Waals surface area contributed by atoms with Crippen LogP contribution in [0.1, 0.15) is 30.6 Å². The van der Waals surface area contributed by atoms with Crippen molar-refractivity contribution in [2.75, 3.05) is 6.61 Å². The van der Waals surface area contributed by atoms with Crippen molar-refractivity contribution in [1.82, 2.24) is 0 Å². The molecule has 0 fully saturated rings. The summed E-state index contributed by atoms with van der Waals surface area (Å²) in [6.07, 6.45) is 0.654. The second-order valence-corrected chi connectivity index (χ2v) is 4.48. The lowest BCUT2D eigenvalue weighted by Gasteiger charge is -2.15. The van der Waals surface area contributed by atoms with Crippen LogP contribution in [0.2, 0.25) is 0 Å². The minimum atomic E-state index is -0.456. The Morgan fingerprint density at radius 3 is 2.47 bits per heavy atom. The molecule has 2 N–H and O–H groups in total. The highest BCUT2D eigenvalue weighted by molar-refractivity contribution is 5.92. The highest BCUT2D eigenvalue weighted by Gasteiger charge is 2.16. The van der Waals surface area contributed by atoms with Gasteiger partial charge in [-0.25, -0.2) is 0 Å². The largest absolute Gasteiger partial charge is 0.494 e. The van der Waals surface area contributed by atoms with E-state index in [9.17, 15) is 4.79 Å². The second kappa shape index (κ2) is 5.35. The molecule has 90 valence electrons. The van der Waals surface area contributed by atoms with Crippen molar-refractivity contribution in [2.24, 2.45) is 11.1 Å². The Kier molecular flexibility index (Phi) is 4.11. The van der Waals surface area contributed by atoms with Crippen LogP contribution >= 0.6 is 0 Å². The molecule has 0 aliphatic carbocycles. The molecule has 0 heterocycles. The molecule has 0 aromatic heterocycles. The summed E-state index contributed by atoms with van der Waals surface area (Å²) in [5, 5.41) is 8.83. The summed E-state index contributed by atoms with van der Waals surface area (Å²) in [5.41, 5.74) is 5.19. The van der Waals surface area contributed by atoms with Crippen LogP contribution in [0.3, 0.4) is 0 Å². The Morgan fingerprint density at radius 2 is 2.00 bits per heavy atom. The first kappa shape index (κ1) is 13.0. The van der Waals surface area contributed by atoms with E-state index in [4.69, 9.17) is 15.7 Å². The highest BCUT2D eigenvalue weighted by Crippen LogP contribution is 2.19. The van der Waals surface area contributed by atoms with E-state index in [1.54, 1.807) is 24.3 Å². The maximum atomic E-state index is 10.8. The van der Waals surface area contributed by atoms with E-state index < -0.39 is 5.91 Å². The number of nitriles is 1. The molecular weight excluding hydrogens is 216 g/mol. The summed E-state index contributed by atoms with van der Waals surface area (Å²) in [7, 11) is 0. The van der Waals surface area contributed by atoms with Crippen molar-refractivity contribution in [3.05, 3.63) is 29.8 Å². The van der Waals surface area contributed by atoms with Gasteiger partial charge < -0.3 is 10.5 Å². The number of carbonyl (C=O) groups is 1. The molecule has 0 bridgehead atoms. The minimum Gasteiger partial charge on any atom is -0.494 e. The maximum absolute atomic E-state index is 10.8. The van der Waals surface area contributed by atoms with Gasteiger partial charge in [-0.15, -0.1) is 0 Å². The highest BCUT2D eigenvalue weighted by atomic mass is 16.5. The molecule has 1 aromatic rings. The quantitative estimate of drug-likeness (QED) is 0.844. The summed E-state index contributed by atoms with van der Waals surface area (Å²) < 4.78 is 5.48. The lowest BCUT2D eigenvalue weighted by atomic mass is 9.92. The zero-order valence-corrected chi connectivity index (χ0v) is 10.1. The summed E-state index contributed by atoms with van der Waals surface area (Å²) >= 11 is 0. The second-order valence-electron chi connectivity index (χ2n) is 4.48. The van der Waals surface area contributed by atoms with Crippen molar-refractivity contribution >= 4 is 5.91 Å². The molecule has 1 aromatic carbocycles. The number of primary amides is 1. The van der Waals surface area contributed by atoms with Crippen LogP contribution in [0.5, 0.6) is 5.75 Å². The summed E-state index contributed by atoms with van der Waals surface area (Å²) in [6.45, 7) is 4.20.